The van der Waals surface area contributed by atoms with Gasteiger partial charge in [0.1, 0.15) is 11.2 Å². The largest absolute Gasteiger partial charge is 0.456 e. The van der Waals surface area contributed by atoms with Gasteiger partial charge in [-0.05, 0) is 98.4 Å². The Labute approximate surface area is 411 Å². The lowest BCUT2D eigenvalue weighted by atomic mass is 9.95. The first-order valence-electron chi connectivity index (χ1n) is 23.9. The fraction of sp³-hybridized carbons (Fsp3) is 0. The zero-order valence-electron chi connectivity index (χ0n) is 38.0. The van der Waals surface area contributed by atoms with Crippen LogP contribution in [0.2, 0.25) is 0 Å². The minimum atomic E-state index is 0.577. The van der Waals surface area contributed by atoms with E-state index in [0.29, 0.717) is 17.5 Å². The van der Waals surface area contributed by atoms with Gasteiger partial charge in [0.2, 0.25) is 0 Å². The van der Waals surface area contributed by atoms with Crippen LogP contribution in [0.3, 0.4) is 0 Å². The second-order valence-electron chi connectivity index (χ2n) is 18.3. The van der Waals surface area contributed by atoms with E-state index in [2.05, 4.69) is 229 Å². The van der Waals surface area contributed by atoms with Gasteiger partial charge in [0, 0.05) is 53.7 Å². The minimum absolute atomic E-state index is 0.577. The molecule has 0 aliphatic heterocycles. The summed E-state index contributed by atoms with van der Waals surface area (Å²) in [7, 11) is 0. The first-order chi connectivity index (χ1) is 35.2. The molecule has 330 valence electrons. The summed E-state index contributed by atoms with van der Waals surface area (Å²) in [6.45, 7) is 0. The molecule has 4 heterocycles. The topological polar surface area (TPSA) is 56.7 Å². The fourth-order valence-corrected chi connectivity index (χ4v) is 12.2. The van der Waals surface area contributed by atoms with Crippen molar-refractivity contribution in [2.24, 2.45) is 0 Å². The van der Waals surface area contributed by atoms with Gasteiger partial charge in [-0.2, -0.15) is 0 Å². The molecule has 0 saturated heterocycles. The SMILES string of the molecule is c1ccc(-c2cccc(-c3nc(-c4ccc5c(c4)oc4cc6ccccc6cc45)nc(-c4cccc5c4sc4c(-n6c7ccccc7c7c8ccccc8c(-c8ccccc8)cc76)cccc45)n3)c2)cc1. The Bertz CT molecular complexity index is 4640. The van der Waals surface area contributed by atoms with Crippen LogP contribution in [-0.4, -0.2) is 19.5 Å². The quantitative estimate of drug-likeness (QED) is 0.167. The van der Waals surface area contributed by atoms with Gasteiger partial charge < -0.3 is 8.98 Å². The highest BCUT2D eigenvalue weighted by Crippen LogP contribution is 2.46. The highest BCUT2D eigenvalue weighted by Gasteiger charge is 2.23. The maximum atomic E-state index is 6.58. The first kappa shape index (κ1) is 39.7. The van der Waals surface area contributed by atoms with Crippen molar-refractivity contribution in [3.8, 4) is 62.1 Å². The number of furan rings is 1. The third-order valence-electron chi connectivity index (χ3n) is 14.2. The van der Waals surface area contributed by atoms with Gasteiger partial charge >= 0.3 is 0 Å². The normalized spacial score (nSPS) is 11.9. The maximum Gasteiger partial charge on any atom is 0.165 e. The summed E-state index contributed by atoms with van der Waals surface area (Å²) < 4.78 is 11.4. The molecule has 4 aromatic heterocycles. The molecule has 0 unspecified atom stereocenters. The highest BCUT2D eigenvalue weighted by molar-refractivity contribution is 7.26. The Kier molecular flexibility index (Phi) is 8.76. The molecule has 0 aliphatic carbocycles. The second-order valence-corrected chi connectivity index (χ2v) is 19.3. The molecule has 15 aromatic rings. The standard InChI is InChI=1S/C65H38N4OS/c1-3-16-39(17-4-1)41-22-13-23-44(34-41)63-66-64(45-32-33-47-54-35-42-20-7-8-21-43(42)36-59(54)70-58(47)37-45)68-65(67-63)52-29-14-27-49-50-28-15-31-56(62(50)71-61(49)52)69-55-30-12-11-26-51(55)60-48-25-10-9-24-46(48)53(38-57(60)69)40-18-5-2-6-19-40/h1-38H. The van der Waals surface area contributed by atoms with E-state index < -0.39 is 0 Å². The van der Waals surface area contributed by atoms with E-state index in [9.17, 15) is 0 Å². The fourth-order valence-electron chi connectivity index (χ4n) is 10.9. The molecule has 15 rings (SSSR count). The lowest BCUT2D eigenvalue weighted by Gasteiger charge is -2.13. The number of para-hydroxylation sites is 1. The summed E-state index contributed by atoms with van der Waals surface area (Å²) in [5.74, 6) is 1.79. The van der Waals surface area contributed by atoms with Crippen LogP contribution in [0.1, 0.15) is 0 Å². The molecule has 0 spiro atoms. The van der Waals surface area contributed by atoms with Gasteiger partial charge in [-0.15, -0.1) is 11.3 Å². The van der Waals surface area contributed by atoms with Crippen molar-refractivity contribution in [3.05, 3.63) is 231 Å². The number of aromatic nitrogens is 4. The molecule has 11 aromatic carbocycles. The molecule has 0 N–H and O–H groups in total. The van der Waals surface area contributed by atoms with E-state index >= 15 is 0 Å². The highest BCUT2D eigenvalue weighted by atomic mass is 32.1. The van der Waals surface area contributed by atoms with E-state index in [0.717, 1.165) is 70.9 Å². The van der Waals surface area contributed by atoms with Crippen molar-refractivity contribution in [1.82, 2.24) is 19.5 Å². The molecule has 5 nitrogen and oxygen atoms in total. The van der Waals surface area contributed by atoms with Crippen molar-refractivity contribution < 1.29 is 4.42 Å². The van der Waals surface area contributed by atoms with Crippen LogP contribution in [0.25, 0.3) is 148 Å². The number of benzene rings is 11. The van der Waals surface area contributed by atoms with E-state index in [1.54, 1.807) is 11.3 Å². The summed E-state index contributed by atoms with van der Waals surface area (Å²) in [5.41, 5.74) is 12.5. The lowest BCUT2D eigenvalue weighted by Crippen LogP contribution is -2.00. The van der Waals surface area contributed by atoms with Crippen molar-refractivity contribution in [2.75, 3.05) is 0 Å². The molecule has 0 bridgehead atoms. The number of fused-ring (bicyclic) bond motifs is 12. The molecular weight excluding hydrogens is 885 g/mol. The van der Waals surface area contributed by atoms with Crippen LogP contribution < -0.4 is 0 Å². The zero-order valence-corrected chi connectivity index (χ0v) is 38.9. The predicted molar refractivity (Wildman–Crippen MR) is 297 cm³/mol. The molecule has 0 atom stereocenters. The molecular formula is C65H38N4OS. The van der Waals surface area contributed by atoms with Gasteiger partial charge in [-0.25, -0.2) is 15.0 Å². The number of rotatable bonds is 6. The Morgan fingerprint density at radius 3 is 1.73 bits per heavy atom. The van der Waals surface area contributed by atoms with Crippen molar-refractivity contribution >= 4 is 96.8 Å². The summed E-state index contributed by atoms with van der Waals surface area (Å²) in [4.78, 5) is 16.0. The van der Waals surface area contributed by atoms with Gasteiger partial charge in [-0.1, -0.05) is 176 Å². The Morgan fingerprint density at radius 2 is 0.915 bits per heavy atom. The average Bonchev–Trinajstić information content (AvgIpc) is 4.12. The Hall–Kier alpha value is -9.23. The van der Waals surface area contributed by atoms with Gasteiger partial charge in [0.25, 0.3) is 0 Å². The Balaban J connectivity index is 0.951. The summed E-state index contributed by atoms with van der Waals surface area (Å²) in [5, 5.41) is 11.8. The molecule has 0 aliphatic rings. The van der Waals surface area contributed by atoms with Crippen molar-refractivity contribution in [1.29, 1.82) is 0 Å². The molecule has 6 heteroatoms. The molecule has 0 amide bonds. The molecule has 0 fully saturated rings. The third-order valence-corrected chi connectivity index (χ3v) is 15.5. The van der Waals surface area contributed by atoms with Crippen LogP contribution >= 0.6 is 11.3 Å². The van der Waals surface area contributed by atoms with Crippen LogP contribution in [0, 0.1) is 0 Å². The molecule has 0 radical (unpaired) electrons. The van der Waals surface area contributed by atoms with Crippen LogP contribution in [-0.2, 0) is 0 Å². The number of hydrogen-bond acceptors (Lipinski definition) is 5. The first-order valence-corrected chi connectivity index (χ1v) is 24.7. The lowest BCUT2D eigenvalue weighted by molar-refractivity contribution is 0.669. The van der Waals surface area contributed by atoms with Crippen LogP contribution in [0.15, 0.2) is 235 Å². The van der Waals surface area contributed by atoms with Crippen LogP contribution in [0.4, 0.5) is 0 Å². The van der Waals surface area contributed by atoms with Gasteiger partial charge in [-0.3, -0.25) is 0 Å². The molecule has 71 heavy (non-hydrogen) atoms. The van der Waals surface area contributed by atoms with Crippen molar-refractivity contribution in [3.63, 3.8) is 0 Å². The Morgan fingerprint density at radius 1 is 0.324 bits per heavy atom. The predicted octanol–water partition coefficient (Wildman–Crippen LogP) is 17.9. The van der Waals surface area contributed by atoms with E-state index in [1.165, 1.54) is 59.2 Å². The smallest absolute Gasteiger partial charge is 0.165 e. The zero-order chi connectivity index (χ0) is 46.6. The van der Waals surface area contributed by atoms with Crippen molar-refractivity contribution in [2.45, 2.75) is 0 Å². The van der Waals surface area contributed by atoms with E-state index in [1.807, 2.05) is 6.07 Å². The van der Waals surface area contributed by atoms with Crippen LogP contribution in [0.5, 0.6) is 0 Å². The summed E-state index contributed by atoms with van der Waals surface area (Å²) >= 11 is 1.80. The van der Waals surface area contributed by atoms with E-state index in [4.69, 9.17) is 19.4 Å². The second kappa shape index (κ2) is 15.7. The third kappa shape index (κ3) is 6.28. The maximum absolute atomic E-state index is 6.58. The number of hydrogen-bond donors (Lipinski definition) is 0. The minimum Gasteiger partial charge on any atom is -0.456 e. The summed E-state index contributed by atoms with van der Waals surface area (Å²) in [6.07, 6.45) is 0. The van der Waals surface area contributed by atoms with E-state index in [-0.39, 0.29) is 0 Å². The molecule has 0 saturated carbocycles. The monoisotopic (exact) mass is 922 g/mol. The van der Waals surface area contributed by atoms with Gasteiger partial charge in [0.15, 0.2) is 17.5 Å². The number of nitrogens with zero attached hydrogens (tertiary/aromatic N) is 4. The number of thiophene rings is 1. The van der Waals surface area contributed by atoms with Gasteiger partial charge in [0.05, 0.1) is 21.4 Å². The average molecular weight is 923 g/mol. The summed E-state index contributed by atoms with van der Waals surface area (Å²) in [6, 6.07) is 82.1.